The number of nitrogen functional groups attached to an aromatic ring is 2. The van der Waals surface area contributed by atoms with Crippen molar-refractivity contribution in [2.45, 2.75) is 38.3 Å². The minimum Gasteiger partial charge on any atom is -0.481 e. The number of aliphatic carboxylic acids is 2. The number of aromatic nitrogens is 2. The summed E-state index contributed by atoms with van der Waals surface area (Å²) in [6.45, 7) is 2.26. The van der Waals surface area contributed by atoms with Gasteiger partial charge < -0.3 is 27.0 Å². The van der Waals surface area contributed by atoms with E-state index in [2.05, 4.69) is 20.2 Å². The number of benzene rings is 1. The molecule has 170 valence electrons. The highest BCUT2D eigenvalue weighted by Crippen LogP contribution is 2.22. The Balaban J connectivity index is 1.54. The van der Waals surface area contributed by atoms with Crippen LogP contribution in [0.2, 0.25) is 0 Å². The number of carbonyl (C=O) groups is 3. The van der Waals surface area contributed by atoms with Crippen LogP contribution in [0.15, 0.2) is 24.3 Å². The van der Waals surface area contributed by atoms with Gasteiger partial charge in [-0.2, -0.15) is 4.98 Å². The highest BCUT2D eigenvalue weighted by Gasteiger charge is 2.22. The standard InChI is InChI=1S/C21H26N6O5/c22-18-14-11-27(10-8-15(14)25-21(23)26-18)9-7-12-1-3-13(4-2-12)19(30)24-16(20(31)32)5-6-17(28)29/h1-4,16H,5-11H2,(H,24,30)(H,28,29)(H,31,32)(H4,22,23,25,26)/t16-/m0/s1. The minimum absolute atomic E-state index is 0.185. The number of hydrogen-bond acceptors (Lipinski definition) is 8. The Hall–Kier alpha value is -3.73. The van der Waals surface area contributed by atoms with Gasteiger partial charge in [-0.05, 0) is 30.5 Å². The van der Waals surface area contributed by atoms with E-state index in [0.717, 1.165) is 42.8 Å². The summed E-state index contributed by atoms with van der Waals surface area (Å²) >= 11 is 0. The van der Waals surface area contributed by atoms with Crippen LogP contribution in [0.1, 0.15) is 40.0 Å². The molecule has 1 aromatic carbocycles. The van der Waals surface area contributed by atoms with Crippen molar-refractivity contribution in [3.63, 3.8) is 0 Å². The molecule has 2 aromatic rings. The van der Waals surface area contributed by atoms with E-state index in [4.69, 9.17) is 16.6 Å². The molecular weight excluding hydrogens is 416 g/mol. The number of nitrogens with one attached hydrogen (secondary N) is 1. The molecule has 0 fully saturated rings. The van der Waals surface area contributed by atoms with Crippen LogP contribution >= 0.6 is 0 Å². The maximum atomic E-state index is 12.3. The Labute approximate surface area is 184 Å². The zero-order valence-electron chi connectivity index (χ0n) is 17.5. The number of amides is 1. The molecule has 32 heavy (non-hydrogen) atoms. The van der Waals surface area contributed by atoms with Crippen LogP contribution in [0.25, 0.3) is 0 Å². The van der Waals surface area contributed by atoms with Crippen LogP contribution in [0.4, 0.5) is 11.8 Å². The third-order valence-electron chi connectivity index (χ3n) is 5.37. The van der Waals surface area contributed by atoms with Crippen molar-refractivity contribution >= 4 is 29.6 Å². The third kappa shape index (κ3) is 5.91. The summed E-state index contributed by atoms with van der Waals surface area (Å²) in [7, 11) is 0. The summed E-state index contributed by atoms with van der Waals surface area (Å²) in [5, 5.41) is 20.3. The van der Waals surface area contributed by atoms with E-state index in [1.54, 1.807) is 12.1 Å². The van der Waals surface area contributed by atoms with Gasteiger partial charge in [0.2, 0.25) is 5.95 Å². The molecule has 1 atom stereocenters. The molecule has 0 unspecified atom stereocenters. The largest absolute Gasteiger partial charge is 0.481 e. The molecule has 0 aliphatic carbocycles. The number of hydrogen-bond donors (Lipinski definition) is 5. The van der Waals surface area contributed by atoms with Crippen molar-refractivity contribution in [2.75, 3.05) is 24.6 Å². The van der Waals surface area contributed by atoms with Crippen molar-refractivity contribution < 1.29 is 24.6 Å². The second kappa shape index (κ2) is 10.1. The lowest BCUT2D eigenvalue weighted by Gasteiger charge is -2.28. The van der Waals surface area contributed by atoms with Gasteiger partial charge in [0.05, 0.1) is 5.69 Å². The summed E-state index contributed by atoms with van der Waals surface area (Å²) in [5.41, 5.74) is 14.8. The summed E-state index contributed by atoms with van der Waals surface area (Å²) in [5.74, 6) is -2.35. The van der Waals surface area contributed by atoms with Crippen molar-refractivity contribution in [3.05, 3.63) is 46.6 Å². The molecule has 0 bridgehead atoms. The lowest BCUT2D eigenvalue weighted by atomic mass is 10.0. The molecule has 1 aliphatic heterocycles. The predicted octanol–water partition coefficient (Wildman–Crippen LogP) is 0.290. The fourth-order valence-electron chi connectivity index (χ4n) is 3.58. The first-order chi connectivity index (χ1) is 15.2. The van der Waals surface area contributed by atoms with Gasteiger partial charge in [-0.25, -0.2) is 9.78 Å². The highest BCUT2D eigenvalue weighted by atomic mass is 16.4. The number of carboxylic acids is 2. The predicted molar refractivity (Wildman–Crippen MR) is 116 cm³/mol. The molecule has 0 spiro atoms. The molecule has 0 saturated carbocycles. The molecule has 1 amide bonds. The zero-order chi connectivity index (χ0) is 23.3. The number of anilines is 2. The molecule has 2 heterocycles. The number of carbonyl (C=O) groups excluding carboxylic acids is 1. The van der Waals surface area contributed by atoms with Gasteiger partial charge in [0.25, 0.3) is 5.91 Å². The lowest BCUT2D eigenvalue weighted by Crippen LogP contribution is -2.41. The molecule has 0 radical (unpaired) electrons. The Morgan fingerprint density at radius 2 is 1.84 bits per heavy atom. The normalized spacial score (nSPS) is 14.4. The fourth-order valence-corrected chi connectivity index (χ4v) is 3.58. The molecular formula is C21H26N6O5. The Bertz CT molecular complexity index is 1010. The SMILES string of the molecule is Nc1nc(N)c2c(n1)CCN(CCc1ccc(C(=O)N[C@@H](CCC(=O)O)C(=O)O)cc1)C2. The molecule has 0 saturated heterocycles. The van der Waals surface area contributed by atoms with Crippen molar-refractivity contribution in [2.24, 2.45) is 0 Å². The smallest absolute Gasteiger partial charge is 0.326 e. The Kier molecular flexibility index (Phi) is 7.21. The van der Waals surface area contributed by atoms with Crippen molar-refractivity contribution in [1.82, 2.24) is 20.2 Å². The molecule has 3 rings (SSSR count). The first kappa shape index (κ1) is 22.9. The van der Waals surface area contributed by atoms with E-state index in [0.29, 0.717) is 17.9 Å². The third-order valence-corrected chi connectivity index (χ3v) is 5.37. The molecule has 11 heteroatoms. The number of fused-ring (bicyclic) bond motifs is 1. The quantitative estimate of drug-likeness (QED) is 0.361. The zero-order valence-corrected chi connectivity index (χ0v) is 17.5. The van der Waals surface area contributed by atoms with Gasteiger partial charge >= 0.3 is 11.9 Å². The number of nitrogens with zero attached hydrogens (tertiary/aromatic N) is 3. The first-order valence-corrected chi connectivity index (χ1v) is 10.2. The summed E-state index contributed by atoms with van der Waals surface area (Å²) in [4.78, 5) is 44.8. The Morgan fingerprint density at radius 1 is 1.12 bits per heavy atom. The average molecular weight is 442 g/mol. The molecule has 11 nitrogen and oxygen atoms in total. The van der Waals surface area contributed by atoms with Crippen molar-refractivity contribution in [3.8, 4) is 0 Å². The lowest BCUT2D eigenvalue weighted by molar-refractivity contribution is -0.140. The molecule has 1 aliphatic rings. The summed E-state index contributed by atoms with van der Waals surface area (Å²) in [6, 6.07) is 5.63. The van der Waals surface area contributed by atoms with Crippen LogP contribution in [0, 0.1) is 0 Å². The number of nitrogens with two attached hydrogens (primary N) is 2. The summed E-state index contributed by atoms with van der Waals surface area (Å²) in [6.07, 6.45) is 0.971. The second-order valence-electron chi connectivity index (χ2n) is 7.66. The van der Waals surface area contributed by atoms with Gasteiger partial charge in [-0.1, -0.05) is 12.1 Å². The van der Waals surface area contributed by atoms with E-state index in [9.17, 15) is 19.5 Å². The highest BCUT2D eigenvalue weighted by molar-refractivity contribution is 5.96. The first-order valence-electron chi connectivity index (χ1n) is 10.2. The van der Waals surface area contributed by atoms with Gasteiger partial charge in [-0.15, -0.1) is 0 Å². The van der Waals surface area contributed by atoms with Gasteiger partial charge in [0, 0.05) is 43.6 Å². The van der Waals surface area contributed by atoms with E-state index in [1.807, 2.05) is 12.1 Å². The van der Waals surface area contributed by atoms with Crippen molar-refractivity contribution in [1.29, 1.82) is 0 Å². The summed E-state index contributed by atoms with van der Waals surface area (Å²) < 4.78 is 0. The maximum Gasteiger partial charge on any atom is 0.326 e. The molecule has 7 N–H and O–H groups in total. The van der Waals surface area contributed by atoms with E-state index in [1.165, 1.54) is 0 Å². The van der Waals surface area contributed by atoms with Crippen LogP contribution < -0.4 is 16.8 Å². The van der Waals surface area contributed by atoms with Crippen LogP contribution in [-0.2, 0) is 29.0 Å². The van der Waals surface area contributed by atoms with Gasteiger partial charge in [0.15, 0.2) is 0 Å². The van der Waals surface area contributed by atoms with E-state index < -0.39 is 23.9 Å². The molecule has 1 aromatic heterocycles. The monoisotopic (exact) mass is 442 g/mol. The van der Waals surface area contributed by atoms with E-state index in [-0.39, 0.29) is 18.8 Å². The number of carboxylic acid groups (broad SMARTS) is 2. The maximum absolute atomic E-state index is 12.3. The average Bonchev–Trinajstić information content (AvgIpc) is 2.75. The second-order valence-corrected chi connectivity index (χ2v) is 7.66. The van der Waals surface area contributed by atoms with Gasteiger partial charge in [-0.3, -0.25) is 14.5 Å². The van der Waals surface area contributed by atoms with Crippen LogP contribution in [0.3, 0.4) is 0 Å². The topological polar surface area (TPSA) is 185 Å². The Morgan fingerprint density at radius 3 is 2.50 bits per heavy atom. The van der Waals surface area contributed by atoms with Crippen LogP contribution in [-0.4, -0.2) is 62.1 Å². The minimum atomic E-state index is -1.27. The fraction of sp³-hybridized carbons (Fsp3) is 0.381. The van der Waals surface area contributed by atoms with E-state index >= 15 is 0 Å². The van der Waals surface area contributed by atoms with Crippen LogP contribution in [0.5, 0.6) is 0 Å². The number of rotatable bonds is 9. The van der Waals surface area contributed by atoms with Gasteiger partial charge in [0.1, 0.15) is 11.9 Å².